The van der Waals surface area contributed by atoms with Gasteiger partial charge >= 0.3 is 11.8 Å². The third-order valence-electron chi connectivity index (χ3n) is 4.55. The van der Waals surface area contributed by atoms with E-state index in [0.29, 0.717) is 43.2 Å². The minimum absolute atomic E-state index is 0.159. The van der Waals surface area contributed by atoms with Gasteiger partial charge in [-0.2, -0.15) is 0 Å². The number of likely N-dealkylation sites (tertiary alicyclic amines) is 1. The number of amides is 2. The summed E-state index contributed by atoms with van der Waals surface area (Å²) >= 11 is 0. The molecule has 2 amide bonds. The van der Waals surface area contributed by atoms with Gasteiger partial charge in [0.2, 0.25) is 0 Å². The Morgan fingerprint density at radius 3 is 2.59 bits per heavy atom. The van der Waals surface area contributed by atoms with Gasteiger partial charge in [0.05, 0.1) is 18.6 Å². The number of hydrogen-bond donors (Lipinski definition) is 1. The van der Waals surface area contributed by atoms with E-state index in [-0.39, 0.29) is 12.1 Å². The molecule has 22 heavy (non-hydrogen) atoms. The number of nitrogens with one attached hydrogen (secondary N) is 1. The fraction of sp³-hybridized carbons (Fsp3) is 0.600. The van der Waals surface area contributed by atoms with Gasteiger partial charge in [-0.05, 0) is 25.2 Å². The van der Waals surface area contributed by atoms with Crippen LogP contribution in [-0.2, 0) is 22.6 Å². The maximum Gasteiger partial charge on any atom is 0.312 e. The Labute approximate surface area is 128 Å². The van der Waals surface area contributed by atoms with Gasteiger partial charge in [-0.3, -0.25) is 14.4 Å². The molecule has 1 aromatic heterocycles. The van der Waals surface area contributed by atoms with Crippen LogP contribution in [-0.4, -0.2) is 51.2 Å². The Bertz CT molecular complexity index is 646. The zero-order valence-electron chi connectivity index (χ0n) is 12.7. The standard InChI is InChI=1S/C15H20N4O3/c1-10-2-5-18(6-3-10)14(21)15(22)19-7-4-11-12(8-19)16-9-17-13(11)20/h9-10H,2-8H2,1H3,(H,16,17,20). The van der Waals surface area contributed by atoms with Gasteiger partial charge in [0.25, 0.3) is 5.56 Å². The average Bonchev–Trinajstić information content (AvgIpc) is 2.54. The molecule has 0 spiro atoms. The summed E-state index contributed by atoms with van der Waals surface area (Å²) in [5.74, 6) is -0.306. The Morgan fingerprint density at radius 2 is 1.86 bits per heavy atom. The molecule has 0 aliphatic carbocycles. The summed E-state index contributed by atoms with van der Waals surface area (Å²) in [5, 5.41) is 0. The monoisotopic (exact) mass is 304 g/mol. The molecular weight excluding hydrogens is 284 g/mol. The zero-order valence-corrected chi connectivity index (χ0v) is 12.7. The molecule has 2 aliphatic rings. The lowest BCUT2D eigenvalue weighted by atomic mass is 9.99. The quantitative estimate of drug-likeness (QED) is 0.679. The van der Waals surface area contributed by atoms with Crippen molar-refractivity contribution in [3.05, 3.63) is 27.9 Å². The van der Waals surface area contributed by atoms with E-state index in [2.05, 4.69) is 16.9 Å². The van der Waals surface area contributed by atoms with Crippen LogP contribution >= 0.6 is 0 Å². The molecule has 0 radical (unpaired) electrons. The first kappa shape index (κ1) is 14.7. The fourth-order valence-corrected chi connectivity index (χ4v) is 3.02. The first-order valence-electron chi connectivity index (χ1n) is 7.70. The molecule has 2 aliphatic heterocycles. The number of carbonyl (C=O) groups excluding carboxylic acids is 2. The second kappa shape index (κ2) is 5.90. The van der Waals surface area contributed by atoms with Crippen molar-refractivity contribution in [3.63, 3.8) is 0 Å². The highest BCUT2D eigenvalue weighted by atomic mass is 16.2. The topological polar surface area (TPSA) is 86.4 Å². The second-order valence-electron chi connectivity index (χ2n) is 6.11. The van der Waals surface area contributed by atoms with Gasteiger partial charge < -0.3 is 14.8 Å². The van der Waals surface area contributed by atoms with Gasteiger partial charge in [0.1, 0.15) is 0 Å². The van der Waals surface area contributed by atoms with Crippen molar-refractivity contribution in [2.24, 2.45) is 5.92 Å². The number of rotatable bonds is 0. The van der Waals surface area contributed by atoms with Crippen LogP contribution in [0.1, 0.15) is 31.0 Å². The molecule has 1 aromatic rings. The summed E-state index contributed by atoms with van der Waals surface area (Å²) in [6.45, 7) is 4.07. The van der Waals surface area contributed by atoms with Crippen molar-refractivity contribution in [3.8, 4) is 0 Å². The molecule has 0 saturated carbocycles. The smallest absolute Gasteiger partial charge is 0.312 e. The molecular formula is C15H20N4O3. The highest BCUT2D eigenvalue weighted by Gasteiger charge is 2.31. The lowest BCUT2D eigenvalue weighted by Crippen LogP contribution is -2.49. The third kappa shape index (κ3) is 2.75. The SMILES string of the molecule is CC1CCN(C(=O)C(=O)N2CCc3c(nc[nH]c3=O)C2)CC1. The number of piperidine rings is 1. The van der Waals surface area contributed by atoms with E-state index in [1.807, 2.05) is 0 Å². The van der Waals surface area contributed by atoms with Gasteiger partial charge in [-0.15, -0.1) is 0 Å². The molecule has 1 fully saturated rings. The summed E-state index contributed by atoms with van der Waals surface area (Å²) in [6, 6.07) is 0. The van der Waals surface area contributed by atoms with E-state index < -0.39 is 11.8 Å². The molecule has 3 rings (SSSR count). The number of aromatic amines is 1. The molecule has 3 heterocycles. The van der Waals surface area contributed by atoms with E-state index in [4.69, 9.17) is 0 Å². The van der Waals surface area contributed by atoms with E-state index in [9.17, 15) is 14.4 Å². The Balaban J connectivity index is 1.69. The van der Waals surface area contributed by atoms with Crippen molar-refractivity contribution in [2.45, 2.75) is 32.7 Å². The molecule has 118 valence electrons. The molecule has 0 unspecified atom stereocenters. The highest BCUT2D eigenvalue weighted by molar-refractivity contribution is 6.34. The van der Waals surface area contributed by atoms with Gasteiger partial charge in [0, 0.05) is 25.2 Å². The predicted molar refractivity (Wildman–Crippen MR) is 79.0 cm³/mol. The molecule has 7 heteroatoms. The lowest BCUT2D eigenvalue weighted by Gasteiger charge is -2.33. The van der Waals surface area contributed by atoms with Crippen molar-refractivity contribution < 1.29 is 9.59 Å². The highest BCUT2D eigenvalue weighted by Crippen LogP contribution is 2.18. The lowest BCUT2D eigenvalue weighted by molar-refractivity contribution is -0.153. The van der Waals surface area contributed by atoms with Crippen LogP contribution in [0, 0.1) is 5.92 Å². The molecule has 0 atom stereocenters. The number of hydrogen-bond acceptors (Lipinski definition) is 4. The summed E-state index contributed by atoms with van der Waals surface area (Å²) in [6.07, 6.45) is 3.66. The number of aromatic nitrogens is 2. The summed E-state index contributed by atoms with van der Waals surface area (Å²) in [4.78, 5) is 46.2. The predicted octanol–water partition coefficient (Wildman–Crippen LogP) is -0.0869. The Kier molecular flexibility index (Phi) is 3.96. The Morgan fingerprint density at radius 1 is 1.18 bits per heavy atom. The van der Waals surface area contributed by atoms with Crippen LogP contribution in [0.4, 0.5) is 0 Å². The minimum Gasteiger partial charge on any atom is -0.334 e. The van der Waals surface area contributed by atoms with Gasteiger partial charge in [-0.1, -0.05) is 6.92 Å². The van der Waals surface area contributed by atoms with E-state index >= 15 is 0 Å². The maximum absolute atomic E-state index is 12.4. The Hall–Kier alpha value is -2.18. The molecule has 0 bridgehead atoms. The number of carbonyl (C=O) groups is 2. The number of fused-ring (bicyclic) bond motifs is 1. The van der Waals surface area contributed by atoms with Crippen molar-refractivity contribution in [2.75, 3.05) is 19.6 Å². The zero-order chi connectivity index (χ0) is 15.7. The molecule has 7 nitrogen and oxygen atoms in total. The van der Waals surface area contributed by atoms with Crippen LogP contribution in [0.5, 0.6) is 0 Å². The first-order valence-corrected chi connectivity index (χ1v) is 7.70. The summed E-state index contributed by atoms with van der Waals surface area (Å²) in [7, 11) is 0. The average molecular weight is 304 g/mol. The van der Waals surface area contributed by atoms with Crippen molar-refractivity contribution >= 4 is 11.8 Å². The summed E-state index contributed by atoms with van der Waals surface area (Å²) in [5.41, 5.74) is 1.04. The molecule has 1 saturated heterocycles. The molecule has 1 N–H and O–H groups in total. The van der Waals surface area contributed by atoms with Crippen LogP contribution in [0.25, 0.3) is 0 Å². The van der Waals surface area contributed by atoms with Crippen LogP contribution in [0.3, 0.4) is 0 Å². The van der Waals surface area contributed by atoms with Crippen LogP contribution in [0.2, 0.25) is 0 Å². The number of nitrogens with zero attached hydrogens (tertiary/aromatic N) is 3. The largest absolute Gasteiger partial charge is 0.334 e. The normalized spacial score (nSPS) is 19.0. The summed E-state index contributed by atoms with van der Waals surface area (Å²) < 4.78 is 0. The van der Waals surface area contributed by atoms with E-state index in [1.165, 1.54) is 11.2 Å². The number of H-pyrrole nitrogens is 1. The maximum atomic E-state index is 12.4. The fourth-order valence-electron chi connectivity index (χ4n) is 3.02. The van der Waals surface area contributed by atoms with Crippen LogP contribution < -0.4 is 5.56 Å². The van der Waals surface area contributed by atoms with Gasteiger partial charge in [-0.25, -0.2) is 4.98 Å². The third-order valence-corrected chi connectivity index (χ3v) is 4.55. The van der Waals surface area contributed by atoms with E-state index in [0.717, 1.165) is 12.8 Å². The van der Waals surface area contributed by atoms with E-state index in [1.54, 1.807) is 4.90 Å². The second-order valence-corrected chi connectivity index (χ2v) is 6.11. The van der Waals surface area contributed by atoms with Crippen molar-refractivity contribution in [1.82, 2.24) is 19.8 Å². The first-order chi connectivity index (χ1) is 10.6. The van der Waals surface area contributed by atoms with Crippen molar-refractivity contribution in [1.29, 1.82) is 0 Å². The minimum atomic E-state index is -0.484. The van der Waals surface area contributed by atoms with Gasteiger partial charge in [0.15, 0.2) is 0 Å². The molecule has 0 aromatic carbocycles. The van der Waals surface area contributed by atoms with Crippen LogP contribution in [0.15, 0.2) is 11.1 Å².